The summed E-state index contributed by atoms with van der Waals surface area (Å²) in [5.74, 6) is -0.0452. The first-order chi connectivity index (χ1) is 44.3. The molecule has 0 N–H and O–H groups in total. The summed E-state index contributed by atoms with van der Waals surface area (Å²) in [5, 5.41) is 0. The molecule has 0 radical (unpaired) electrons. The number of aromatic nitrogens is 2. The van der Waals surface area contributed by atoms with Crippen molar-refractivity contribution in [1.82, 2.24) is 9.97 Å². The van der Waals surface area contributed by atoms with Crippen molar-refractivity contribution >= 4 is 0 Å². The van der Waals surface area contributed by atoms with Gasteiger partial charge in [-0.25, -0.2) is 8.78 Å². The molecule has 0 fully saturated rings. The van der Waals surface area contributed by atoms with E-state index >= 15 is 0 Å². The van der Waals surface area contributed by atoms with Gasteiger partial charge in [-0.1, -0.05) is 250 Å². The Kier molecular flexibility index (Phi) is 35.9. The maximum atomic E-state index is 14.8. The van der Waals surface area contributed by atoms with E-state index in [1.165, 1.54) is 96.1 Å². The Bertz CT molecular complexity index is 2730. The molecule has 0 aliphatic carbocycles. The molecule has 0 aliphatic heterocycles. The number of aryl methyl sites for hydroxylation is 3. The van der Waals surface area contributed by atoms with Gasteiger partial charge in [0.15, 0.2) is 0 Å². The first kappa shape index (κ1) is 88.8. The molecular weight excluding hydrogens is 1160 g/mol. The molecular formula is C91H152F2N2. The van der Waals surface area contributed by atoms with Crippen LogP contribution in [0.4, 0.5) is 8.78 Å². The summed E-state index contributed by atoms with van der Waals surface area (Å²) in [6.07, 6.45) is 26.4. The van der Waals surface area contributed by atoms with Crippen molar-refractivity contribution in [1.29, 1.82) is 0 Å². The van der Waals surface area contributed by atoms with Gasteiger partial charge >= 0.3 is 0 Å². The van der Waals surface area contributed by atoms with Crippen LogP contribution in [0, 0.1) is 32.4 Å². The minimum Gasteiger partial charge on any atom is -0.260 e. The minimum atomic E-state index is -0.0540. The number of hydrogen-bond acceptors (Lipinski definition) is 2. The highest BCUT2D eigenvalue weighted by atomic mass is 19.1. The highest BCUT2D eigenvalue weighted by molar-refractivity contribution is 5.42. The van der Waals surface area contributed by atoms with Crippen LogP contribution in [-0.4, -0.2) is 9.97 Å². The van der Waals surface area contributed by atoms with Crippen molar-refractivity contribution in [2.45, 2.75) is 411 Å². The lowest BCUT2D eigenvalue weighted by molar-refractivity contribution is 0.405. The van der Waals surface area contributed by atoms with Crippen LogP contribution in [-0.2, 0) is 54.1 Å². The van der Waals surface area contributed by atoms with E-state index in [4.69, 9.17) is 9.97 Å². The molecule has 3 aromatic carbocycles. The molecule has 0 saturated carbocycles. The molecule has 5 aromatic rings. The molecule has 0 saturated heterocycles. The zero-order chi connectivity index (χ0) is 73.4. The van der Waals surface area contributed by atoms with Gasteiger partial charge in [-0.15, -0.1) is 0 Å². The fourth-order valence-electron chi connectivity index (χ4n) is 13.9. The Morgan fingerprint density at radius 1 is 0.242 bits per heavy atom. The fraction of sp³-hybridized carbons (Fsp3) is 0.692. The Balaban J connectivity index is 0.000000594. The molecule has 5 rings (SSSR count). The van der Waals surface area contributed by atoms with Crippen molar-refractivity contribution in [2.24, 2.45) is 0 Å². The first-order valence-corrected chi connectivity index (χ1v) is 39.0. The van der Waals surface area contributed by atoms with Gasteiger partial charge in [-0.05, 0) is 278 Å². The van der Waals surface area contributed by atoms with E-state index in [0.717, 1.165) is 105 Å². The Hall–Kier alpha value is -4.18. The topological polar surface area (TPSA) is 25.8 Å². The van der Waals surface area contributed by atoms with Crippen LogP contribution < -0.4 is 0 Å². The average molecular weight is 1310 g/mol. The third-order valence-corrected chi connectivity index (χ3v) is 27.5. The Morgan fingerprint density at radius 3 is 0.863 bits per heavy atom. The average Bonchev–Trinajstić information content (AvgIpc) is 0.805. The van der Waals surface area contributed by atoms with E-state index in [9.17, 15) is 8.78 Å². The standard InChI is InChI=1S/C19H31F.C19H32.C18H29F.C18H31N.C17H29N/c1-8-18(6,9-2)15-12-14(5)17(16(20)13-15)19(7,10-3)11-4;1-8-18(6,9-2)16-12-13-17(15(5)14-16)19(7,10-3)11-4;1-7-17(5,8-2)14-11-12-15(16(19)13-14)18(6,9-3)10-4;1-8-17(6,9-2)15-13-19-16(12-14(15)5)18(7,10-3)11-4;1-7-16(5,8-2)14-11-12-15(18-13-14)17(6,9-3)10-4/h12-13H,8-11H2,1-7H3;12-14H,8-11H2,1-7H3;11-13H,7-10H2,1-6H3;12-13H,8-11H2,1-7H3;11-13H,7-10H2,1-6H3. The normalized spacial score (nSPS) is 12.8. The molecule has 0 aliphatic rings. The summed E-state index contributed by atoms with van der Waals surface area (Å²) < 4.78 is 29.3. The van der Waals surface area contributed by atoms with Gasteiger partial charge in [0.2, 0.25) is 0 Å². The quantitative estimate of drug-likeness (QED) is 0.0458. The highest BCUT2D eigenvalue weighted by Gasteiger charge is 2.34. The second-order valence-corrected chi connectivity index (χ2v) is 31.9. The van der Waals surface area contributed by atoms with Gasteiger partial charge in [-0.3, -0.25) is 9.97 Å². The van der Waals surface area contributed by atoms with E-state index in [1.807, 2.05) is 6.07 Å². The van der Waals surface area contributed by atoms with Crippen molar-refractivity contribution in [3.8, 4) is 0 Å². The van der Waals surface area contributed by atoms with Crippen LogP contribution in [0.5, 0.6) is 0 Å². The van der Waals surface area contributed by atoms with Crippen molar-refractivity contribution < 1.29 is 8.78 Å². The van der Waals surface area contributed by atoms with Gasteiger partial charge in [0, 0.05) is 34.6 Å². The van der Waals surface area contributed by atoms with Crippen LogP contribution in [0.15, 0.2) is 79.1 Å². The molecule has 540 valence electrons. The van der Waals surface area contributed by atoms with Gasteiger partial charge in [0.25, 0.3) is 0 Å². The number of nitrogens with zero attached hydrogens (tertiary/aromatic N) is 2. The van der Waals surface area contributed by atoms with E-state index in [1.54, 1.807) is 12.1 Å². The summed E-state index contributed by atoms with van der Waals surface area (Å²) in [7, 11) is 0. The number of rotatable bonds is 30. The maximum absolute atomic E-state index is 14.8. The molecule has 2 nitrogen and oxygen atoms in total. The van der Waals surface area contributed by atoms with E-state index in [0.29, 0.717) is 10.8 Å². The lowest BCUT2D eigenvalue weighted by Crippen LogP contribution is -2.25. The van der Waals surface area contributed by atoms with Crippen LogP contribution in [0.3, 0.4) is 0 Å². The third-order valence-electron chi connectivity index (χ3n) is 27.5. The monoisotopic (exact) mass is 1310 g/mol. The van der Waals surface area contributed by atoms with Crippen LogP contribution in [0.2, 0.25) is 0 Å². The van der Waals surface area contributed by atoms with Gasteiger partial charge in [0.05, 0.1) is 0 Å². The predicted molar refractivity (Wildman–Crippen MR) is 421 cm³/mol. The smallest absolute Gasteiger partial charge is 0.127 e. The molecule has 0 unspecified atom stereocenters. The fourth-order valence-corrected chi connectivity index (χ4v) is 13.9. The predicted octanol–water partition coefficient (Wildman–Crippen LogP) is 29.2. The summed E-state index contributed by atoms with van der Waals surface area (Å²) in [5.41, 5.74) is 18.1. The summed E-state index contributed by atoms with van der Waals surface area (Å²) in [6, 6.07) is 24.0. The number of hydrogen-bond donors (Lipinski definition) is 0. The molecule has 0 atom stereocenters. The SMILES string of the molecule is CCC(C)(CC)c1cc(C)c(C(C)(CC)CC)c(F)c1.CCC(C)(CC)c1cc(C)c(C(C)(CC)CC)cn1.CCC(C)(CC)c1ccc(C(C)(CC)CC)c(C)c1.CCC(C)(CC)c1ccc(C(C)(CC)CC)c(F)c1.CCC(C)(CC)c1ccc(C(C)(CC)CC)nc1. The van der Waals surface area contributed by atoms with Crippen LogP contribution in [0.25, 0.3) is 0 Å². The Morgan fingerprint density at radius 2 is 0.526 bits per heavy atom. The molecule has 2 heterocycles. The second-order valence-electron chi connectivity index (χ2n) is 31.9. The zero-order valence-electron chi connectivity index (χ0n) is 68.8. The lowest BCUT2D eigenvalue weighted by atomic mass is 9.72. The first-order valence-electron chi connectivity index (χ1n) is 39.0. The van der Waals surface area contributed by atoms with E-state index < -0.39 is 0 Å². The number of pyridine rings is 2. The van der Waals surface area contributed by atoms with E-state index in [-0.39, 0.29) is 55.0 Å². The highest BCUT2D eigenvalue weighted by Crippen LogP contribution is 2.43. The number of halogens is 2. The molecule has 0 bridgehead atoms. The summed E-state index contributed by atoms with van der Waals surface area (Å²) >= 11 is 0. The molecule has 95 heavy (non-hydrogen) atoms. The number of benzene rings is 3. The Labute approximate surface area is 589 Å². The van der Waals surface area contributed by atoms with Gasteiger partial charge in [-0.2, -0.15) is 0 Å². The second kappa shape index (κ2) is 38.4. The summed E-state index contributed by atoms with van der Waals surface area (Å²) in [6.45, 7) is 74.1. The van der Waals surface area contributed by atoms with Crippen LogP contribution >= 0.6 is 0 Å². The minimum absolute atomic E-state index is 0.0145. The lowest BCUT2D eigenvalue weighted by Gasteiger charge is -2.33. The molecule has 0 spiro atoms. The third kappa shape index (κ3) is 21.2. The van der Waals surface area contributed by atoms with Gasteiger partial charge in [0.1, 0.15) is 11.6 Å². The molecule has 4 heteroatoms. The van der Waals surface area contributed by atoms with Gasteiger partial charge < -0.3 is 0 Å². The largest absolute Gasteiger partial charge is 0.260 e. The van der Waals surface area contributed by atoms with Crippen molar-refractivity contribution in [2.75, 3.05) is 0 Å². The summed E-state index contributed by atoms with van der Waals surface area (Å²) in [4.78, 5) is 9.57. The molecule has 2 aromatic heterocycles. The van der Waals surface area contributed by atoms with Crippen LogP contribution in [0.1, 0.15) is 409 Å². The van der Waals surface area contributed by atoms with E-state index in [2.05, 4.69) is 289 Å². The van der Waals surface area contributed by atoms with Crippen molar-refractivity contribution in [3.05, 3.63) is 163 Å². The van der Waals surface area contributed by atoms with Crippen molar-refractivity contribution in [3.63, 3.8) is 0 Å². The maximum Gasteiger partial charge on any atom is 0.127 e. The molecule has 0 amide bonds. The zero-order valence-corrected chi connectivity index (χ0v) is 68.8.